The molecule has 0 aromatic heterocycles. The predicted octanol–water partition coefficient (Wildman–Crippen LogP) is 4.65. The van der Waals surface area contributed by atoms with E-state index in [0.717, 1.165) is 11.1 Å². The molecule has 0 bridgehead atoms. The van der Waals surface area contributed by atoms with Crippen LogP contribution in [0.15, 0.2) is 41.5 Å². The van der Waals surface area contributed by atoms with Crippen molar-refractivity contribution in [2.24, 2.45) is 5.92 Å². The van der Waals surface area contributed by atoms with Crippen molar-refractivity contribution in [1.29, 1.82) is 0 Å². The third kappa shape index (κ3) is 2.05. The van der Waals surface area contributed by atoms with Crippen LogP contribution < -0.4 is 0 Å². The van der Waals surface area contributed by atoms with Crippen LogP contribution in [0.2, 0.25) is 0 Å². The van der Waals surface area contributed by atoms with E-state index in [2.05, 4.69) is 32.9 Å². The minimum Gasteiger partial charge on any atom is -0.294 e. The van der Waals surface area contributed by atoms with Gasteiger partial charge in [-0.1, -0.05) is 49.8 Å². The largest absolute Gasteiger partial charge is 0.294 e. The standard InChI is InChI=1S/C17H20O/c1-5-16(18)14-8-6-7-9-15(14)17-12(3)10-11(2)13(17)4/h6-10,13H,5H2,1-4H3. The lowest BCUT2D eigenvalue weighted by atomic mass is 9.87. The van der Waals surface area contributed by atoms with Gasteiger partial charge < -0.3 is 0 Å². The smallest absolute Gasteiger partial charge is 0.163 e. The summed E-state index contributed by atoms with van der Waals surface area (Å²) in [7, 11) is 0. The van der Waals surface area contributed by atoms with E-state index in [-0.39, 0.29) is 5.78 Å². The van der Waals surface area contributed by atoms with Gasteiger partial charge in [-0.15, -0.1) is 0 Å². The predicted molar refractivity (Wildman–Crippen MR) is 76.6 cm³/mol. The molecule has 1 unspecified atom stereocenters. The first kappa shape index (κ1) is 12.8. The number of allylic oxidation sites excluding steroid dienone is 4. The molecule has 94 valence electrons. The number of benzene rings is 1. The van der Waals surface area contributed by atoms with Crippen LogP contribution >= 0.6 is 0 Å². The van der Waals surface area contributed by atoms with Gasteiger partial charge in [0.25, 0.3) is 0 Å². The van der Waals surface area contributed by atoms with Crippen molar-refractivity contribution in [1.82, 2.24) is 0 Å². The third-order valence-corrected chi connectivity index (χ3v) is 3.82. The molecule has 0 saturated heterocycles. The van der Waals surface area contributed by atoms with E-state index in [1.54, 1.807) is 0 Å². The molecule has 1 nitrogen and oxygen atoms in total. The Morgan fingerprint density at radius 2 is 1.89 bits per heavy atom. The summed E-state index contributed by atoms with van der Waals surface area (Å²) in [6.45, 7) is 8.42. The Kier molecular flexibility index (Phi) is 3.51. The van der Waals surface area contributed by atoms with Gasteiger partial charge in [0.15, 0.2) is 5.78 Å². The third-order valence-electron chi connectivity index (χ3n) is 3.82. The van der Waals surface area contributed by atoms with Crippen molar-refractivity contribution in [2.75, 3.05) is 0 Å². The molecule has 1 heteroatoms. The number of Topliss-reactive ketones (excluding diaryl/α,β-unsaturated/α-hetero) is 1. The van der Waals surface area contributed by atoms with E-state index in [1.807, 2.05) is 25.1 Å². The average molecular weight is 240 g/mol. The molecular weight excluding hydrogens is 220 g/mol. The summed E-state index contributed by atoms with van der Waals surface area (Å²) in [5, 5.41) is 0. The number of ketones is 1. The minimum absolute atomic E-state index is 0.225. The van der Waals surface area contributed by atoms with E-state index in [9.17, 15) is 4.79 Å². The molecule has 18 heavy (non-hydrogen) atoms. The van der Waals surface area contributed by atoms with Crippen LogP contribution in [0.4, 0.5) is 0 Å². The van der Waals surface area contributed by atoms with E-state index < -0.39 is 0 Å². The molecule has 1 aliphatic rings. The van der Waals surface area contributed by atoms with E-state index in [0.29, 0.717) is 12.3 Å². The molecule has 0 amide bonds. The van der Waals surface area contributed by atoms with Crippen molar-refractivity contribution < 1.29 is 4.79 Å². The van der Waals surface area contributed by atoms with Crippen LogP contribution in [0.5, 0.6) is 0 Å². The highest BCUT2D eigenvalue weighted by Crippen LogP contribution is 2.39. The summed E-state index contributed by atoms with van der Waals surface area (Å²) in [4.78, 5) is 12.0. The highest BCUT2D eigenvalue weighted by atomic mass is 16.1. The number of hydrogen-bond donors (Lipinski definition) is 0. The first-order chi connectivity index (χ1) is 8.56. The Hall–Kier alpha value is -1.63. The number of carbonyl (C=O) groups is 1. The van der Waals surface area contributed by atoms with Crippen LogP contribution in [-0.2, 0) is 0 Å². The van der Waals surface area contributed by atoms with Gasteiger partial charge in [0.2, 0.25) is 0 Å². The minimum atomic E-state index is 0.225. The summed E-state index contributed by atoms with van der Waals surface area (Å²) in [6, 6.07) is 7.98. The zero-order valence-corrected chi connectivity index (χ0v) is 11.6. The average Bonchev–Trinajstić information content (AvgIpc) is 2.62. The van der Waals surface area contributed by atoms with Crippen molar-refractivity contribution >= 4 is 11.4 Å². The number of hydrogen-bond acceptors (Lipinski definition) is 1. The Morgan fingerprint density at radius 3 is 2.44 bits per heavy atom. The zero-order valence-electron chi connectivity index (χ0n) is 11.6. The molecule has 0 fully saturated rings. The Labute approximate surface area is 109 Å². The van der Waals surface area contributed by atoms with Crippen LogP contribution in [0.1, 0.15) is 50.0 Å². The summed E-state index contributed by atoms with van der Waals surface area (Å²) >= 11 is 0. The van der Waals surface area contributed by atoms with Crippen LogP contribution in [-0.4, -0.2) is 5.78 Å². The lowest BCUT2D eigenvalue weighted by molar-refractivity contribution is 0.0988. The summed E-state index contributed by atoms with van der Waals surface area (Å²) in [6.07, 6.45) is 2.79. The van der Waals surface area contributed by atoms with Gasteiger partial charge >= 0.3 is 0 Å². The monoisotopic (exact) mass is 240 g/mol. The van der Waals surface area contributed by atoms with Crippen molar-refractivity contribution in [3.8, 4) is 0 Å². The SMILES string of the molecule is CCC(=O)c1ccccc1C1=C(C)C=C(C)C1C. The van der Waals surface area contributed by atoms with Crippen molar-refractivity contribution in [3.05, 3.63) is 52.6 Å². The highest BCUT2D eigenvalue weighted by Gasteiger charge is 2.23. The van der Waals surface area contributed by atoms with Gasteiger partial charge in [-0.3, -0.25) is 4.79 Å². The molecule has 0 saturated carbocycles. The van der Waals surface area contributed by atoms with Gasteiger partial charge in [0, 0.05) is 17.9 Å². The number of carbonyl (C=O) groups excluding carboxylic acids is 1. The van der Waals surface area contributed by atoms with Crippen molar-refractivity contribution in [2.45, 2.75) is 34.1 Å². The first-order valence-corrected chi connectivity index (χ1v) is 6.57. The molecule has 1 aromatic carbocycles. The molecule has 0 radical (unpaired) electrons. The summed E-state index contributed by atoms with van der Waals surface area (Å²) < 4.78 is 0. The topological polar surface area (TPSA) is 17.1 Å². The lowest BCUT2D eigenvalue weighted by Gasteiger charge is -2.16. The lowest BCUT2D eigenvalue weighted by Crippen LogP contribution is -2.05. The second kappa shape index (κ2) is 4.93. The molecule has 1 aliphatic carbocycles. The Balaban J connectivity index is 2.54. The summed E-state index contributed by atoms with van der Waals surface area (Å²) in [5.41, 5.74) is 5.95. The fraction of sp³-hybridized carbons (Fsp3) is 0.353. The number of rotatable bonds is 3. The molecule has 0 heterocycles. The maximum Gasteiger partial charge on any atom is 0.163 e. The normalized spacial score (nSPS) is 19.1. The van der Waals surface area contributed by atoms with Crippen LogP contribution in [0, 0.1) is 5.92 Å². The maximum absolute atomic E-state index is 12.0. The fourth-order valence-electron chi connectivity index (χ4n) is 2.71. The fourth-order valence-corrected chi connectivity index (χ4v) is 2.71. The van der Waals surface area contributed by atoms with Crippen LogP contribution in [0.3, 0.4) is 0 Å². The molecule has 2 rings (SSSR count). The molecule has 1 aromatic rings. The summed E-state index contributed by atoms with van der Waals surface area (Å²) in [5.74, 6) is 0.637. The second-order valence-electron chi connectivity index (χ2n) is 5.03. The van der Waals surface area contributed by atoms with E-state index in [4.69, 9.17) is 0 Å². The van der Waals surface area contributed by atoms with Gasteiger partial charge in [0.1, 0.15) is 0 Å². The highest BCUT2D eigenvalue weighted by molar-refractivity contribution is 6.01. The van der Waals surface area contributed by atoms with Gasteiger partial charge in [0.05, 0.1) is 0 Å². The Morgan fingerprint density at radius 1 is 1.22 bits per heavy atom. The van der Waals surface area contributed by atoms with Crippen LogP contribution in [0.25, 0.3) is 5.57 Å². The maximum atomic E-state index is 12.0. The molecular formula is C17H20O. The first-order valence-electron chi connectivity index (χ1n) is 6.57. The van der Waals surface area contributed by atoms with E-state index in [1.165, 1.54) is 16.7 Å². The van der Waals surface area contributed by atoms with Crippen molar-refractivity contribution in [3.63, 3.8) is 0 Å². The quantitative estimate of drug-likeness (QED) is 0.703. The van der Waals surface area contributed by atoms with Gasteiger partial charge in [-0.05, 0) is 30.6 Å². The van der Waals surface area contributed by atoms with E-state index >= 15 is 0 Å². The van der Waals surface area contributed by atoms with Gasteiger partial charge in [-0.2, -0.15) is 0 Å². The molecule has 0 aliphatic heterocycles. The molecule has 0 N–H and O–H groups in total. The second-order valence-corrected chi connectivity index (χ2v) is 5.03. The molecule has 1 atom stereocenters. The Bertz CT molecular complexity index is 546. The zero-order chi connectivity index (χ0) is 13.3. The molecule has 0 spiro atoms. The van der Waals surface area contributed by atoms with Gasteiger partial charge in [-0.25, -0.2) is 0 Å².